The van der Waals surface area contributed by atoms with E-state index in [2.05, 4.69) is 0 Å². The third kappa shape index (κ3) is 2.39. The number of carbonyl (C=O) groups is 1. The minimum absolute atomic E-state index is 0.0515. The van der Waals surface area contributed by atoms with Gasteiger partial charge in [0.1, 0.15) is 5.60 Å². The van der Waals surface area contributed by atoms with Crippen LogP contribution in [0.4, 0.5) is 0 Å². The van der Waals surface area contributed by atoms with Crippen LogP contribution in [0.15, 0.2) is 16.8 Å². The van der Waals surface area contributed by atoms with Crippen LogP contribution in [-0.2, 0) is 4.74 Å². The number of hydrogen-bond acceptors (Lipinski definition) is 3. The van der Waals surface area contributed by atoms with Gasteiger partial charge in [0.25, 0.3) is 0 Å². The van der Waals surface area contributed by atoms with Crippen molar-refractivity contribution in [1.82, 2.24) is 0 Å². The molecule has 13 heavy (non-hydrogen) atoms. The van der Waals surface area contributed by atoms with Crippen LogP contribution in [0, 0.1) is 0 Å². The molecule has 0 bridgehead atoms. The molecule has 0 unspecified atom stereocenters. The predicted molar refractivity (Wildman–Crippen MR) is 54.4 cm³/mol. The van der Waals surface area contributed by atoms with Crippen molar-refractivity contribution in [2.24, 2.45) is 0 Å². The largest absolute Gasteiger partial charge is 0.368 e. The lowest BCUT2D eigenvalue weighted by Crippen LogP contribution is -2.34. The van der Waals surface area contributed by atoms with Gasteiger partial charge in [0.05, 0.1) is 0 Å². The predicted octanol–water partition coefficient (Wildman–Crippen LogP) is 2.75. The quantitative estimate of drug-likeness (QED) is 0.695. The van der Waals surface area contributed by atoms with E-state index in [4.69, 9.17) is 4.74 Å². The highest BCUT2D eigenvalue weighted by Gasteiger charge is 2.28. The monoisotopic (exact) mass is 198 g/mol. The Bertz CT molecular complexity index is 275. The van der Waals surface area contributed by atoms with Crippen molar-refractivity contribution < 1.29 is 9.53 Å². The van der Waals surface area contributed by atoms with Crippen molar-refractivity contribution in [3.8, 4) is 0 Å². The van der Waals surface area contributed by atoms with Crippen molar-refractivity contribution in [3.63, 3.8) is 0 Å². The first-order chi connectivity index (χ1) is 6.08. The van der Waals surface area contributed by atoms with E-state index >= 15 is 0 Å². The summed E-state index contributed by atoms with van der Waals surface area (Å²) in [6.07, 6.45) is 0. The van der Waals surface area contributed by atoms with Gasteiger partial charge in [0, 0.05) is 17.6 Å². The van der Waals surface area contributed by atoms with Crippen LogP contribution in [0.1, 0.15) is 31.1 Å². The lowest BCUT2D eigenvalue weighted by Gasteiger charge is -2.22. The van der Waals surface area contributed by atoms with Crippen LogP contribution in [0.25, 0.3) is 0 Å². The summed E-state index contributed by atoms with van der Waals surface area (Å²) in [6.45, 7) is 6.05. The molecule has 2 nitrogen and oxygen atoms in total. The van der Waals surface area contributed by atoms with E-state index in [-0.39, 0.29) is 5.78 Å². The second-order valence-corrected chi connectivity index (χ2v) is 4.06. The van der Waals surface area contributed by atoms with Gasteiger partial charge in [-0.15, -0.1) is 0 Å². The maximum Gasteiger partial charge on any atom is 0.194 e. The van der Waals surface area contributed by atoms with Gasteiger partial charge in [-0.25, -0.2) is 0 Å². The molecular weight excluding hydrogens is 184 g/mol. The average Bonchev–Trinajstić information content (AvgIpc) is 2.54. The van der Waals surface area contributed by atoms with Crippen LogP contribution in [-0.4, -0.2) is 18.0 Å². The van der Waals surface area contributed by atoms with Gasteiger partial charge in [-0.2, -0.15) is 11.3 Å². The van der Waals surface area contributed by atoms with E-state index in [1.54, 1.807) is 13.8 Å². The van der Waals surface area contributed by atoms with Gasteiger partial charge in [-0.3, -0.25) is 4.79 Å². The van der Waals surface area contributed by atoms with Crippen LogP contribution in [0.3, 0.4) is 0 Å². The summed E-state index contributed by atoms with van der Waals surface area (Å²) < 4.78 is 5.37. The minimum atomic E-state index is -0.699. The van der Waals surface area contributed by atoms with E-state index in [1.807, 2.05) is 23.8 Å². The van der Waals surface area contributed by atoms with Crippen molar-refractivity contribution in [3.05, 3.63) is 22.4 Å². The molecule has 0 aliphatic rings. The molecule has 0 atom stereocenters. The first-order valence-electron chi connectivity index (χ1n) is 4.29. The fourth-order valence-electron chi connectivity index (χ4n) is 1.17. The number of rotatable bonds is 4. The van der Waals surface area contributed by atoms with Gasteiger partial charge < -0.3 is 4.74 Å². The van der Waals surface area contributed by atoms with Crippen LogP contribution < -0.4 is 0 Å². The molecule has 3 heteroatoms. The molecule has 0 saturated carbocycles. The van der Waals surface area contributed by atoms with Crippen molar-refractivity contribution in [2.75, 3.05) is 6.61 Å². The zero-order valence-electron chi connectivity index (χ0n) is 8.16. The van der Waals surface area contributed by atoms with Crippen molar-refractivity contribution in [2.45, 2.75) is 26.4 Å². The molecule has 0 spiro atoms. The Morgan fingerprint density at radius 3 is 2.77 bits per heavy atom. The molecule has 0 fully saturated rings. The van der Waals surface area contributed by atoms with E-state index in [0.717, 1.165) is 5.56 Å². The highest BCUT2D eigenvalue weighted by Crippen LogP contribution is 2.18. The Morgan fingerprint density at radius 2 is 2.31 bits per heavy atom. The van der Waals surface area contributed by atoms with E-state index in [9.17, 15) is 4.79 Å². The van der Waals surface area contributed by atoms with Crippen molar-refractivity contribution in [1.29, 1.82) is 0 Å². The normalized spacial score (nSPS) is 11.6. The third-order valence-electron chi connectivity index (χ3n) is 1.84. The fourth-order valence-corrected chi connectivity index (χ4v) is 1.80. The number of carbonyl (C=O) groups excluding carboxylic acids is 1. The number of thiophene rings is 1. The molecule has 0 aliphatic heterocycles. The summed E-state index contributed by atoms with van der Waals surface area (Å²) in [5, 5.41) is 3.75. The smallest absolute Gasteiger partial charge is 0.194 e. The Labute approximate surface area is 82.5 Å². The lowest BCUT2D eigenvalue weighted by molar-refractivity contribution is 0.00130. The van der Waals surface area contributed by atoms with Crippen LogP contribution >= 0.6 is 11.3 Å². The summed E-state index contributed by atoms with van der Waals surface area (Å²) in [5.41, 5.74) is 0.0407. The summed E-state index contributed by atoms with van der Waals surface area (Å²) in [5.74, 6) is 0.0515. The molecular formula is C10H14O2S. The van der Waals surface area contributed by atoms with Crippen LogP contribution in [0.2, 0.25) is 0 Å². The molecule has 1 heterocycles. The van der Waals surface area contributed by atoms with Gasteiger partial charge in [-0.1, -0.05) is 0 Å². The Balaban J connectivity index is 2.78. The molecule has 72 valence electrons. The zero-order valence-corrected chi connectivity index (χ0v) is 8.98. The highest BCUT2D eigenvalue weighted by atomic mass is 32.1. The fraction of sp³-hybridized carbons (Fsp3) is 0.500. The maximum absolute atomic E-state index is 11.8. The van der Waals surface area contributed by atoms with Crippen LogP contribution in [0.5, 0.6) is 0 Å². The Morgan fingerprint density at radius 1 is 1.62 bits per heavy atom. The summed E-state index contributed by atoms with van der Waals surface area (Å²) in [4.78, 5) is 11.8. The van der Waals surface area contributed by atoms with Gasteiger partial charge in [0.15, 0.2) is 5.78 Å². The summed E-state index contributed by atoms with van der Waals surface area (Å²) in [7, 11) is 0. The molecule has 1 rings (SSSR count). The molecule has 1 aromatic rings. The number of Topliss-reactive ketones (excluding diaryl/α,β-unsaturated/α-hetero) is 1. The minimum Gasteiger partial charge on any atom is -0.368 e. The zero-order chi connectivity index (χ0) is 9.90. The van der Waals surface area contributed by atoms with E-state index in [1.165, 1.54) is 11.3 Å². The van der Waals surface area contributed by atoms with E-state index < -0.39 is 5.60 Å². The average molecular weight is 198 g/mol. The maximum atomic E-state index is 11.8. The van der Waals surface area contributed by atoms with Gasteiger partial charge in [-0.05, 0) is 32.2 Å². The topological polar surface area (TPSA) is 26.3 Å². The molecule has 0 N–H and O–H groups in total. The molecule has 0 aliphatic carbocycles. The molecule has 0 amide bonds. The third-order valence-corrected chi connectivity index (χ3v) is 2.52. The second-order valence-electron chi connectivity index (χ2n) is 3.28. The molecule has 0 aromatic carbocycles. The highest BCUT2D eigenvalue weighted by molar-refractivity contribution is 7.08. The van der Waals surface area contributed by atoms with Crippen molar-refractivity contribution >= 4 is 17.1 Å². The lowest BCUT2D eigenvalue weighted by atomic mass is 9.99. The first-order valence-corrected chi connectivity index (χ1v) is 5.23. The molecule has 1 aromatic heterocycles. The standard InChI is InChI=1S/C10H14O2S/c1-4-12-10(2,3)9(11)8-5-6-13-7-8/h5-7H,4H2,1-3H3. The summed E-state index contributed by atoms with van der Waals surface area (Å²) >= 11 is 1.53. The SMILES string of the molecule is CCOC(C)(C)C(=O)c1ccsc1. The first kappa shape index (κ1) is 10.4. The Kier molecular flexibility index (Phi) is 3.22. The molecule has 0 radical (unpaired) electrons. The van der Waals surface area contributed by atoms with Gasteiger partial charge >= 0.3 is 0 Å². The van der Waals surface area contributed by atoms with E-state index in [0.29, 0.717) is 6.61 Å². The Hall–Kier alpha value is -0.670. The number of ether oxygens (including phenoxy) is 1. The van der Waals surface area contributed by atoms with Gasteiger partial charge in [0.2, 0.25) is 0 Å². The second kappa shape index (κ2) is 4.03. The number of ketones is 1. The molecule has 0 saturated heterocycles. The summed E-state index contributed by atoms with van der Waals surface area (Å²) in [6, 6.07) is 1.83. The number of hydrogen-bond donors (Lipinski definition) is 0.